The van der Waals surface area contributed by atoms with Gasteiger partial charge in [-0.25, -0.2) is 0 Å². The van der Waals surface area contributed by atoms with Gasteiger partial charge in [0.05, 0.1) is 0 Å². The fourth-order valence-corrected chi connectivity index (χ4v) is 1.66. The van der Waals surface area contributed by atoms with E-state index in [-0.39, 0.29) is 0 Å². The minimum Gasteiger partial charge on any atom is -0.372 e. The van der Waals surface area contributed by atoms with Crippen LogP contribution in [-0.2, 0) is 0 Å². The lowest BCUT2D eigenvalue weighted by Gasteiger charge is -2.21. The predicted molar refractivity (Wildman–Crippen MR) is 62.4 cm³/mol. The Morgan fingerprint density at radius 1 is 1.23 bits per heavy atom. The molecular formula is C11H16BrN. The largest absolute Gasteiger partial charge is 0.372 e. The second kappa shape index (κ2) is 4.66. The molecule has 0 aliphatic rings. The minimum absolute atomic E-state index is 1.07. The summed E-state index contributed by atoms with van der Waals surface area (Å²) in [6.45, 7) is 8.62. The number of hydrogen-bond acceptors (Lipinski definition) is 1. The Bertz CT molecular complexity index is 279. The maximum absolute atomic E-state index is 3.50. The molecule has 0 aromatic heterocycles. The highest BCUT2D eigenvalue weighted by atomic mass is 79.9. The molecule has 0 unspecified atom stereocenters. The van der Waals surface area contributed by atoms with Crippen LogP contribution >= 0.6 is 15.9 Å². The zero-order chi connectivity index (χ0) is 9.84. The quantitative estimate of drug-likeness (QED) is 0.782. The number of anilines is 1. The first-order valence-electron chi connectivity index (χ1n) is 4.70. The number of rotatable bonds is 3. The smallest absolute Gasteiger partial charge is 0.0369 e. The van der Waals surface area contributed by atoms with Crippen molar-refractivity contribution >= 4 is 21.6 Å². The van der Waals surface area contributed by atoms with E-state index in [2.05, 4.69) is 59.8 Å². The topological polar surface area (TPSA) is 3.24 Å². The summed E-state index contributed by atoms with van der Waals surface area (Å²) >= 11 is 3.50. The van der Waals surface area contributed by atoms with Crippen molar-refractivity contribution in [2.24, 2.45) is 0 Å². The molecule has 1 nitrogen and oxygen atoms in total. The molecule has 13 heavy (non-hydrogen) atoms. The summed E-state index contributed by atoms with van der Waals surface area (Å²) in [4.78, 5) is 2.35. The molecule has 0 bridgehead atoms. The first-order valence-corrected chi connectivity index (χ1v) is 5.49. The third-order valence-corrected chi connectivity index (χ3v) is 3.16. The number of halogens is 1. The van der Waals surface area contributed by atoms with Gasteiger partial charge in [-0.2, -0.15) is 0 Å². The minimum atomic E-state index is 1.07. The van der Waals surface area contributed by atoms with Crippen LogP contribution in [0.4, 0.5) is 5.69 Å². The summed E-state index contributed by atoms with van der Waals surface area (Å²) in [5, 5.41) is 0. The summed E-state index contributed by atoms with van der Waals surface area (Å²) in [7, 11) is 0. The molecule has 0 aliphatic heterocycles. The van der Waals surface area contributed by atoms with Gasteiger partial charge in [-0.15, -0.1) is 0 Å². The van der Waals surface area contributed by atoms with Crippen LogP contribution in [-0.4, -0.2) is 13.1 Å². The molecule has 0 N–H and O–H groups in total. The monoisotopic (exact) mass is 241 g/mol. The van der Waals surface area contributed by atoms with Crippen LogP contribution in [0.2, 0.25) is 0 Å². The number of hydrogen-bond donors (Lipinski definition) is 0. The van der Waals surface area contributed by atoms with E-state index in [9.17, 15) is 0 Å². The standard InChI is InChI=1S/C11H16BrN/c1-4-13(5-2)10-6-7-11(12)9(3)8-10/h6-8H,4-5H2,1-3H3. The van der Waals surface area contributed by atoms with Crippen molar-refractivity contribution < 1.29 is 0 Å². The molecule has 0 saturated carbocycles. The Labute approximate surface area is 88.9 Å². The van der Waals surface area contributed by atoms with Gasteiger partial charge in [0, 0.05) is 23.2 Å². The molecule has 1 rings (SSSR count). The second-order valence-electron chi connectivity index (χ2n) is 3.11. The van der Waals surface area contributed by atoms with Gasteiger partial charge in [0.2, 0.25) is 0 Å². The van der Waals surface area contributed by atoms with Crippen molar-refractivity contribution in [3.05, 3.63) is 28.2 Å². The van der Waals surface area contributed by atoms with E-state index in [1.807, 2.05) is 0 Å². The second-order valence-corrected chi connectivity index (χ2v) is 3.96. The molecule has 1 aromatic carbocycles. The average molecular weight is 242 g/mol. The molecule has 72 valence electrons. The SMILES string of the molecule is CCN(CC)c1ccc(Br)c(C)c1. The van der Waals surface area contributed by atoms with E-state index in [0.717, 1.165) is 13.1 Å². The maximum Gasteiger partial charge on any atom is 0.0369 e. The van der Waals surface area contributed by atoms with Crippen molar-refractivity contribution in [2.45, 2.75) is 20.8 Å². The summed E-state index contributed by atoms with van der Waals surface area (Å²) in [5.74, 6) is 0. The van der Waals surface area contributed by atoms with Crippen LogP contribution in [0, 0.1) is 6.92 Å². The highest BCUT2D eigenvalue weighted by Gasteiger charge is 2.02. The van der Waals surface area contributed by atoms with E-state index < -0.39 is 0 Å². The Balaban J connectivity index is 2.95. The predicted octanol–water partition coefficient (Wildman–Crippen LogP) is 3.60. The summed E-state index contributed by atoms with van der Waals surface area (Å²) in [5.41, 5.74) is 2.61. The van der Waals surface area contributed by atoms with Gasteiger partial charge >= 0.3 is 0 Å². The lowest BCUT2D eigenvalue weighted by atomic mass is 10.2. The third-order valence-electron chi connectivity index (χ3n) is 2.27. The first kappa shape index (κ1) is 10.6. The Morgan fingerprint density at radius 3 is 2.31 bits per heavy atom. The van der Waals surface area contributed by atoms with Gasteiger partial charge in [0.25, 0.3) is 0 Å². The maximum atomic E-state index is 3.50. The summed E-state index contributed by atoms with van der Waals surface area (Å²) < 4.78 is 1.18. The van der Waals surface area contributed by atoms with Gasteiger partial charge in [0.15, 0.2) is 0 Å². The van der Waals surface area contributed by atoms with Gasteiger partial charge in [0.1, 0.15) is 0 Å². The van der Waals surface area contributed by atoms with Crippen LogP contribution in [0.25, 0.3) is 0 Å². The fraction of sp³-hybridized carbons (Fsp3) is 0.455. The molecular weight excluding hydrogens is 226 g/mol. The van der Waals surface area contributed by atoms with E-state index in [4.69, 9.17) is 0 Å². The van der Waals surface area contributed by atoms with Crippen LogP contribution in [0.3, 0.4) is 0 Å². The Kier molecular flexibility index (Phi) is 3.79. The van der Waals surface area contributed by atoms with Crippen LogP contribution < -0.4 is 4.90 Å². The third kappa shape index (κ3) is 2.47. The molecule has 0 spiro atoms. The van der Waals surface area contributed by atoms with Crippen molar-refractivity contribution in [2.75, 3.05) is 18.0 Å². The summed E-state index contributed by atoms with van der Waals surface area (Å²) in [6.07, 6.45) is 0. The van der Waals surface area contributed by atoms with Crippen molar-refractivity contribution in [3.8, 4) is 0 Å². The number of benzene rings is 1. The van der Waals surface area contributed by atoms with Crippen molar-refractivity contribution in [1.82, 2.24) is 0 Å². The highest BCUT2D eigenvalue weighted by Crippen LogP contribution is 2.22. The van der Waals surface area contributed by atoms with E-state index in [0.29, 0.717) is 0 Å². The van der Waals surface area contributed by atoms with E-state index in [1.54, 1.807) is 0 Å². The first-order chi connectivity index (χ1) is 6.19. The molecule has 0 heterocycles. The van der Waals surface area contributed by atoms with Gasteiger partial charge in [-0.05, 0) is 44.5 Å². The molecule has 0 fully saturated rings. The molecule has 1 aromatic rings. The lowest BCUT2D eigenvalue weighted by molar-refractivity contribution is 0.865. The van der Waals surface area contributed by atoms with Crippen LogP contribution in [0.15, 0.2) is 22.7 Å². The molecule has 0 radical (unpaired) electrons. The molecule has 0 aliphatic carbocycles. The molecule has 0 atom stereocenters. The zero-order valence-electron chi connectivity index (χ0n) is 8.47. The van der Waals surface area contributed by atoms with Gasteiger partial charge in [-0.3, -0.25) is 0 Å². The Morgan fingerprint density at radius 2 is 1.85 bits per heavy atom. The van der Waals surface area contributed by atoms with Crippen molar-refractivity contribution in [1.29, 1.82) is 0 Å². The van der Waals surface area contributed by atoms with Gasteiger partial charge in [-0.1, -0.05) is 15.9 Å². The lowest BCUT2D eigenvalue weighted by Crippen LogP contribution is -2.21. The molecule has 2 heteroatoms. The number of nitrogens with zero attached hydrogens (tertiary/aromatic N) is 1. The normalized spacial score (nSPS) is 10.2. The highest BCUT2D eigenvalue weighted by molar-refractivity contribution is 9.10. The Hall–Kier alpha value is -0.500. The van der Waals surface area contributed by atoms with Crippen LogP contribution in [0.1, 0.15) is 19.4 Å². The summed E-state index contributed by atoms with van der Waals surface area (Å²) in [6, 6.07) is 6.49. The van der Waals surface area contributed by atoms with E-state index >= 15 is 0 Å². The van der Waals surface area contributed by atoms with E-state index in [1.165, 1.54) is 15.7 Å². The molecule has 0 saturated heterocycles. The van der Waals surface area contributed by atoms with Crippen LogP contribution in [0.5, 0.6) is 0 Å². The molecule has 0 amide bonds. The fourth-order valence-electron chi connectivity index (χ4n) is 1.41. The zero-order valence-corrected chi connectivity index (χ0v) is 10.1. The van der Waals surface area contributed by atoms with Gasteiger partial charge < -0.3 is 4.90 Å². The average Bonchev–Trinajstić information content (AvgIpc) is 2.13. The number of aryl methyl sites for hydroxylation is 1. The van der Waals surface area contributed by atoms with Crippen molar-refractivity contribution in [3.63, 3.8) is 0 Å².